The lowest BCUT2D eigenvalue weighted by atomic mass is 9.89. The first-order valence-corrected chi connectivity index (χ1v) is 8.89. The minimum absolute atomic E-state index is 0.337. The summed E-state index contributed by atoms with van der Waals surface area (Å²) in [4.78, 5) is 7.40. The van der Waals surface area contributed by atoms with E-state index in [1.165, 1.54) is 42.9 Å². The van der Waals surface area contributed by atoms with Gasteiger partial charge in [0.25, 0.3) is 0 Å². The Hall–Kier alpha value is -0.450. The third-order valence-electron chi connectivity index (χ3n) is 5.00. The molecule has 4 heteroatoms. The fraction of sp³-hybridized carbons (Fsp3) is 0.812. The maximum atomic E-state index is 4.68. The van der Waals surface area contributed by atoms with Crippen molar-refractivity contribution < 1.29 is 0 Å². The molecule has 3 rings (SSSR count). The van der Waals surface area contributed by atoms with Crippen molar-refractivity contribution in [2.45, 2.75) is 64.6 Å². The van der Waals surface area contributed by atoms with Crippen molar-refractivity contribution in [2.24, 2.45) is 5.92 Å². The summed E-state index contributed by atoms with van der Waals surface area (Å²) in [5, 5.41) is 7.25. The topological polar surface area (TPSA) is 28.2 Å². The minimum Gasteiger partial charge on any atom is -0.311 e. The first-order chi connectivity index (χ1) is 9.61. The molecule has 1 aromatic heterocycles. The Morgan fingerprint density at radius 3 is 2.90 bits per heavy atom. The monoisotopic (exact) mass is 293 g/mol. The largest absolute Gasteiger partial charge is 0.311 e. The number of aryl methyl sites for hydroxylation is 1. The van der Waals surface area contributed by atoms with Gasteiger partial charge in [-0.2, -0.15) is 0 Å². The molecule has 0 spiro atoms. The minimum atomic E-state index is 0.337. The van der Waals surface area contributed by atoms with Crippen molar-refractivity contribution >= 4 is 11.3 Å². The molecule has 0 amide bonds. The molecule has 1 N–H and O–H groups in total. The summed E-state index contributed by atoms with van der Waals surface area (Å²) in [5.74, 6) is 0.888. The van der Waals surface area contributed by atoms with Crippen molar-refractivity contribution in [2.75, 3.05) is 13.1 Å². The Labute approximate surface area is 126 Å². The third-order valence-corrected chi connectivity index (χ3v) is 5.95. The highest BCUT2D eigenvalue weighted by Crippen LogP contribution is 2.44. The van der Waals surface area contributed by atoms with Crippen molar-refractivity contribution in [1.82, 2.24) is 15.2 Å². The molecular formula is C16H27N3S. The van der Waals surface area contributed by atoms with E-state index in [0.717, 1.165) is 19.0 Å². The molecule has 20 heavy (non-hydrogen) atoms. The van der Waals surface area contributed by atoms with Crippen LogP contribution in [0.25, 0.3) is 0 Å². The fourth-order valence-corrected chi connectivity index (χ4v) is 4.32. The van der Waals surface area contributed by atoms with Crippen molar-refractivity contribution in [3.05, 3.63) is 16.1 Å². The molecule has 2 atom stereocenters. The van der Waals surface area contributed by atoms with Gasteiger partial charge in [0.05, 0.1) is 6.54 Å². The summed E-state index contributed by atoms with van der Waals surface area (Å²) in [6, 6.07) is 0.660. The van der Waals surface area contributed by atoms with E-state index in [1.54, 1.807) is 0 Å². The van der Waals surface area contributed by atoms with Gasteiger partial charge in [-0.05, 0) is 39.0 Å². The van der Waals surface area contributed by atoms with Gasteiger partial charge in [-0.25, -0.2) is 4.98 Å². The number of nitrogens with one attached hydrogen (secondary N) is 1. The van der Waals surface area contributed by atoms with Gasteiger partial charge in [0.15, 0.2) is 0 Å². The Bertz CT molecular complexity index is 454. The van der Waals surface area contributed by atoms with Crippen LogP contribution in [0.3, 0.4) is 0 Å². The Morgan fingerprint density at radius 1 is 1.50 bits per heavy atom. The zero-order valence-electron chi connectivity index (χ0n) is 13.0. The summed E-state index contributed by atoms with van der Waals surface area (Å²) >= 11 is 1.82. The van der Waals surface area contributed by atoms with Gasteiger partial charge in [-0.3, -0.25) is 4.90 Å². The van der Waals surface area contributed by atoms with Crippen molar-refractivity contribution in [3.63, 3.8) is 0 Å². The predicted octanol–water partition coefficient (Wildman–Crippen LogP) is 3.19. The number of hydrogen-bond donors (Lipinski definition) is 1. The van der Waals surface area contributed by atoms with Crippen LogP contribution in [0.1, 0.15) is 50.2 Å². The molecule has 0 bridgehead atoms. The summed E-state index contributed by atoms with van der Waals surface area (Å²) < 4.78 is 0. The van der Waals surface area contributed by atoms with Crippen LogP contribution in [0.2, 0.25) is 0 Å². The summed E-state index contributed by atoms with van der Waals surface area (Å²) in [6.07, 6.45) is 5.37. The molecule has 1 saturated carbocycles. The van der Waals surface area contributed by atoms with Gasteiger partial charge in [-0.1, -0.05) is 13.3 Å². The van der Waals surface area contributed by atoms with E-state index < -0.39 is 0 Å². The molecule has 1 aliphatic heterocycles. The molecule has 1 aliphatic carbocycles. The molecule has 1 saturated heterocycles. The van der Waals surface area contributed by atoms with E-state index in [-0.39, 0.29) is 0 Å². The lowest BCUT2D eigenvalue weighted by molar-refractivity contribution is 0.0259. The number of thiazole rings is 1. The highest BCUT2D eigenvalue weighted by molar-refractivity contribution is 7.09. The Balaban J connectivity index is 1.74. The van der Waals surface area contributed by atoms with Crippen molar-refractivity contribution in [3.8, 4) is 0 Å². The first kappa shape index (κ1) is 14.5. The molecular weight excluding hydrogens is 266 g/mol. The maximum Gasteiger partial charge on any atom is 0.107 e. The second-order valence-corrected chi connectivity index (χ2v) is 7.70. The van der Waals surface area contributed by atoms with Crippen LogP contribution in [0.5, 0.6) is 0 Å². The van der Waals surface area contributed by atoms with Gasteiger partial charge in [0.2, 0.25) is 0 Å². The van der Waals surface area contributed by atoms with Gasteiger partial charge in [-0.15, -0.1) is 11.3 Å². The molecule has 2 aliphatic rings. The van der Waals surface area contributed by atoms with Crippen LogP contribution in [0.15, 0.2) is 5.38 Å². The van der Waals surface area contributed by atoms with Gasteiger partial charge >= 0.3 is 0 Å². The molecule has 2 unspecified atom stereocenters. The van der Waals surface area contributed by atoms with E-state index in [0.29, 0.717) is 11.6 Å². The van der Waals surface area contributed by atoms with E-state index >= 15 is 0 Å². The van der Waals surface area contributed by atoms with Gasteiger partial charge < -0.3 is 5.32 Å². The zero-order valence-corrected chi connectivity index (χ0v) is 13.8. The summed E-state index contributed by atoms with van der Waals surface area (Å²) in [7, 11) is 0. The average molecular weight is 293 g/mol. The summed E-state index contributed by atoms with van der Waals surface area (Å²) in [5.41, 5.74) is 1.50. The molecule has 2 fully saturated rings. The molecule has 1 aromatic rings. The highest BCUT2D eigenvalue weighted by atomic mass is 32.1. The van der Waals surface area contributed by atoms with E-state index in [9.17, 15) is 0 Å². The number of rotatable bonds is 5. The zero-order chi connectivity index (χ0) is 14.2. The molecule has 0 aromatic carbocycles. The molecule has 2 heterocycles. The third kappa shape index (κ3) is 2.92. The van der Waals surface area contributed by atoms with Gasteiger partial charge in [0, 0.05) is 35.7 Å². The lowest BCUT2D eigenvalue weighted by Gasteiger charge is -2.48. The number of aromatic nitrogens is 1. The predicted molar refractivity (Wildman–Crippen MR) is 85.1 cm³/mol. The number of nitrogens with zero attached hydrogens (tertiary/aromatic N) is 2. The first-order valence-electron chi connectivity index (χ1n) is 8.01. The standard InChI is InChI=1S/C16H27N3S/c1-4-5-14-8-19(9-15-18-12(2)10-20-15)16(3,11-17-14)13-6-7-13/h10,13-14,17H,4-9,11H2,1-3H3. The molecule has 3 nitrogen and oxygen atoms in total. The van der Waals surface area contributed by atoms with E-state index in [2.05, 4.69) is 41.4 Å². The average Bonchev–Trinajstić information content (AvgIpc) is 3.19. The van der Waals surface area contributed by atoms with Crippen molar-refractivity contribution in [1.29, 1.82) is 0 Å². The number of piperazine rings is 1. The van der Waals surface area contributed by atoms with Crippen LogP contribution in [-0.4, -0.2) is 34.6 Å². The van der Waals surface area contributed by atoms with E-state index in [1.807, 2.05) is 11.3 Å². The smallest absolute Gasteiger partial charge is 0.107 e. The van der Waals surface area contributed by atoms with E-state index in [4.69, 9.17) is 0 Å². The summed E-state index contributed by atoms with van der Waals surface area (Å²) in [6.45, 7) is 10.2. The Kier molecular flexibility index (Phi) is 4.16. The van der Waals surface area contributed by atoms with Crippen LogP contribution in [0.4, 0.5) is 0 Å². The second-order valence-electron chi connectivity index (χ2n) is 6.76. The lowest BCUT2D eigenvalue weighted by Crippen LogP contribution is -2.63. The van der Waals surface area contributed by atoms with Crippen LogP contribution >= 0.6 is 11.3 Å². The SMILES string of the molecule is CCCC1CN(Cc2nc(C)cs2)C(C)(C2CC2)CN1. The maximum absolute atomic E-state index is 4.68. The van der Waals surface area contributed by atoms with Crippen LogP contribution < -0.4 is 5.32 Å². The highest BCUT2D eigenvalue weighted by Gasteiger charge is 2.48. The number of hydrogen-bond acceptors (Lipinski definition) is 4. The fourth-order valence-electron chi connectivity index (χ4n) is 3.54. The van der Waals surface area contributed by atoms with Crippen LogP contribution in [0, 0.1) is 12.8 Å². The quantitative estimate of drug-likeness (QED) is 0.903. The van der Waals surface area contributed by atoms with Gasteiger partial charge in [0.1, 0.15) is 5.01 Å². The normalized spacial score (nSPS) is 31.6. The Morgan fingerprint density at radius 2 is 2.30 bits per heavy atom. The second kappa shape index (κ2) is 5.74. The molecule has 0 radical (unpaired) electrons. The van der Waals surface area contributed by atoms with Crippen LogP contribution in [-0.2, 0) is 6.54 Å². The molecule has 112 valence electrons.